The molecule has 1 aromatic heterocycles. The summed E-state index contributed by atoms with van der Waals surface area (Å²) < 4.78 is 5.07. The number of nitrogens with one attached hydrogen (secondary N) is 2. The molecule has 0 radical (unpaired) electrons. The number of hydrogen-bond donors (Lipinski definition) is 2. The highest BCUT2D eigenvalue weighted by Crippen LogP contribution is 2.12. The van der Waals surface area contributed by atoms with Crippen LogP contribution in [-0.4, -0.2) is 37.0 Å². The largest absolute Gasteiger partial charge is 0.497 e. The molecule has 6 nitrogen and oxygen atoms in total. The number of nitrogens with zero attached hydrogens (tertiary/aromatic N) is 1. The maximum absolute atomic E-state index is 11.9. The lowest BCUT2D eigenvalue weighted by molar-refractivity contribution is 0.0927. The molecule has 1 aromatic carbocycles. The summed E-state index contributed by atoms with van der Waals surface area (Å²) in [6, 6.07) is 10.2. The van der Waals surface area contributed by atoms with Crippen LogP contribution in [-0.2, 0) is 0 Å². The van der Waals surface area contributed by atoms with Crippen molar-refractivity contribution >= 4 is 11.8 Å². The van der Waals surface area contributed by atoms with Crippen LogP contribution in [0.2, 0.25) is 0 Å². The average molecular weight is 299 g/mol. The van der Waals surface area contributed by atoms with Gasteiger partial charge in [-0.3, -0.25) is 14.6 Å². The maximum atomic E-state index is 11.9. The third-order valence-electron chi connectivity index (χ3n) is 2.95. The fourth-order valence-electron chi connectivity index (χ4n) is 1.82. The molecule has 0 saturated carbocycles. The van der Waals surface area contributed by atoms with Gasteiger partial charge in [0.1, 0.15) is 5.75 Å². The second-order valence-electron chi connectivity index (χ2n) is 4.49. The van der Waals surface area contributed by atoms with Crippen molar-refractivity contribution in [1.82, 2.24) is 15.6 Å². The van der Waals surface area contributed by atoms with E-state index in [9.17, 15) is 9.59 Å². The summed E-state index contributed by atoms with van der Waals surface area (Å²) >= 11 is 0. The smallest absolute Gasteiger partial charge is 0.252 e. The zero-order valence-electron chi connectivity index (χ0n) is 12.2. The Labute approximate surface area is 128 Å². The minimum absolute atomic E-state index is 0.213. The normalized spacial score (nSPS) is 9.86. The van der Waals surface area contributed by atoms with Crippen LogP contribution in [0.4, 0.5) is 0 Å². The van der Waals surface area contributed by atoms with Crippen molar-refractivity contribution in [2.75, 3.05) is 20.2 Å². The van der Waals surface area contributed by atoms with Crippen LogP contribution in [0, 0.1) is 0 Å². The summed E-state index contributed by atoms with van der Waals surface area (Å²) in [5.41, 5.74) is 1.000. The van der Waals surface area contributed by atoms with E-state index in [1.165, 1.54) is 6.20 Å². The predicted molar refractivity (Wildman–Crippen MR) is 81.9 cm³/mol. The Morgan fingerprint density at radius 2 is 1.73 bits per heavy atom. The van der Waals surface area contributed by atoms with E-state index in [0.717, 1.165) is 0 Å². The van der Waals surface area contributed by atoms with Gasteiger partial charge in [-0.1, -0.05) is 6.07 Å². The van der Waals surface area contributed by atoms with Crippen LogP contribution in [0.5, 0.6) is 5.75 Å². The SMILES string of the molecule is COc1cccc(C(=O)NCCNC(=O)c2cccnc2)c1. The van der Waals surface area contributed by atoms with Crippen molar-refractivity contribution in [3.05, 3.63) is 59.9 Å². The summed E-state index contributed by atoms with van der Waals surface area (Å²) in [5, 5.41) is 5.44. The Hall–Kier alpha value is -2.89. The molecule has 0 aliphatic rings. The molecule has 0 spiro atoms. The number of pyridine rings is 1. The maximum Gasteiger partial charge on any atom is 0.252 e. The van der Waals surface area contributed by atoms with Crippen LogP contribution in [0.1, 0.15) is 20.7 Å². The molecule has 2 rings (SSSR count). The van der Waals surface area contributed by atoms with E-state index in [0.29, 0.717) is 30.0 Å². The number of hydrogen-bond acceptors (Lipinski definition) is 4. The monoisotopic (exact) mass is 299 g/mol. The van der Waals surface area contributed by atoms with Gasteiger partial charge in [0.25, 0.3) is 11.8 Å². The van der Waals surface area contributed by atoms with Gasteiger partial charge in [0.15, 0.2) is 0 Å². The molecule has 0 aliphatic heterocycles. The number of benzene rings is 1. The molecule has 2 aromatic rings. The van der Waals surface area contributed by atoms with Crippen LogP contribution in [0.15, 0.2) is 48.8 Å². The van der Waals surface area contributed by atoms with Crippen LogP contribution >= 0.6 is 0 Å². The first-order valence-corrected chi connectivity index (χ1v) is 6.81. The van der Waals surface area contributed by atoms with Crippen molar-refractivity contribution in [1.29, 1.82) is 0 Å². The third-order valence-corrected chi connectivity index (χ3v) is 2.95. The molecule has 0 bridgehead atoms. The molecule has 0 unspecified atom stereocenters. The summed E-state index contributed by atoms with van der Waals surface area (Å²) in [4.78, 5) is 27.6. The average Bonchev–Trinajstić information content (AvgIpc) is 2.59. The van der Waals surface area contributed by atoms with Crippen molar-refractivity contribution < 1.29 is 14.3 Å². The highest BCUT2D eigenvalue weighted by atomic mass is 16.5. The van der Waals surface area contributed by atoms with Gasteiger partial charge in [-0.25, -0.2) is 0 Å². The molecule has 114 valence electrons. The van der Waals surface area contributed by atoms with Crippen molar-refractivity contribution in [2.45, 2.75) is 0 Å². The number of methoxy groups -OCH3 is 1. The molecule has 22 heavy (non-hydrogen) atoms. The Balaban J connectivity index is 1.76. The second-order valence-corrected chi connectivity index (χ2v) is 4.49. The summed E-state index contributed by atoms with van der Waals surface area (Å²) in [7, 11) is 1.55. The van der Waals surface area contributed by atoms with E-state index in [1.54, 1.807) is 49.7 Å². The lowest BCUT2D eigenvalue weighted by Crippen LogP contribution is -2.34. The number of carbonyl (C=O) groups excluding carboxylic acids is 2. The highest BCUT2D eigenvalue weighted by molar-refractivity contribution is 5.95. The summed E-state index contributed by atoms with van der Waals surface area (Å²) in [6.45, 7) is 0.672. The fraction of sp³-hybridized carbons (Fsp3) is 0.188. The zero-order valence-corrected chi connectivity index (χ0v) is 12.2. The number of aromatic nitrogens is 1. The molecule has 0 atom stereocenters. The first kappa shape index (κ1) is 15.5. The van der Waals surface area contributed by atoms with Gasteiger partial charge in [-0.15, -0.1) is 0 Å². The van der Waals surface area contributed by atoms with Gasteiger partial charge in [-0.2, -0.15) is 0 Å². The minimum Gasteiger partial charge on any atom is -0.497 e. The van der Waals surface area contributed by atoms with Gasteiger partial charge in [-0.05, 0) is 30.3 Å². The third kappa shape index (κ3) is 4.31. The quantitative estimate of drug-likeness (QED) is 0.787. The van der Waals surface area contributed by atoms with E-state index in [-0.39, 0.29) is 11.8 Å². The van der Waals surface area contributed by atoms with Crippen molar-refractivity contribution in [3.8, 4) is 5.75 Å². The van der Waals surface area contributed by atoms with Gasteiger partial charge in [0.2, 0.25) is 0 Å². The van der Waals surface area contributed by atoms with Gasteiger partial charge >= 0.3 is 0 Å². The molecule has 0 fully saturated rings. The van der Waals surface area contributed by atoms with Crippen LogP contribution < -0.4 is 15.4 Å². The standard InChI is InChI=1S/C16H17N3O3/c1-22-14-6-2-4-12(10-14)15(20)18-8-9-19-16(21)13-5-3-7-17-11-13/h2-7,10-11H,8-9H2,1H3,(H,18,20)(H,19,21). The van der Waals surface area contributed by atoms with Crippen molar-refractivity contribution in [2.24, 2.45) is 0 Å². The Bertz CT molecular complexity index is 644. The van der Waals surface area contributed by atoms with Gasteiger partial charge in [0.05, 0.1) is 12.7 Å². The van der Waals surface area contributed by atoms with Crippen molar-refractivity contribution in [3.63, 3.8) is 0 Å². The lowest BCUT2D eigenvalue weighted by atomic mass is 10.2. The number of ether oxygens (including phenoxy) is 1. The topological polar surface area (TPSA) is 80.3 Å². The van der Waals surface area contributed by atoms with E-state index >= 15 is 0 Å². The van der Waals surface area contributed by atoms with E-state index in [1.807, 2.05) is 0 Å². The fourth-order valence-corrected chi connectivity index (χ4v) is 1.82. The van der Waals surface area contributed by atoms with E-state index < -0.39 is 0 Å². The predicted octanol–water partition coefficient (Wildman–Crippen LogP) is 1.25. The van der Waals surface area contributed by atoms with Crippen LogP contribution in [0.25, 0.3) is 0 Å². The van der Waals surface area contributed by atoms with Gasteiger partial charge in [0, 0.05) is 31.0 Å². The summed E-state index contributed by atoms with van der Waals surface area (Å²) in [5.74, 6) is 0.191. The molecule has 0 saturated heterocycles. The first-order chi connectivity index (χ1) is 10.7. The molecule has 1 heterocycles. The highest BCUT2D eigenvalue weighted by Gasteiger charge is 2.07. The molecular weight excluding hydrogens is 282 g/mol. The molecule has 0 aliphatic carbocycles. The Kier molecular flexibility index (Phi) is 5.48. The minimum atomic E-state index is -0.219. The van der Waals surface area contributed by atoms with Gasteiger partial charge < -0.3 is 15.4 Å². The molecular formula is C16H17N3O3. The van der Waals surface area contributed by atoms with Crippen LogP contribution in [0.3, 0.4) is 0 Å². The molecule has 2 N–H and O–H groups in total. The Morgan fingerprint density at radius 1 is 1.05 bits per heavy atom. The molecule has 2 amide bonds. The van der Waals surface area contributed by atoms with E-state index in [4.69, 9.17) is 4.74 Å². The lowest BCUT2D eigenvalue weighted by Gasteiger charge is -2.08. The number of carbonyl (C=O) groups is 2. The first-order valence-electron chi connectivity index (χ1n) is 6.81. The molecule has 6 heteroatoms. The second kappa shape index (κ2) is 7.78. The summed E-state index contributed by atoms with van der Waals surface area (Å²) in [6.07, 6.45) is 3.09. The van der Waals surface area contributed by atoms with E-state index in [2.05, 4.69) is 15.6 Å². The number of amides is 2. The zero-order chi connectivity index (χ0) is 15.8. The number of rotatable bonds is 6. The Morgan fingerprint density at radius 3 is 2.36 bits per heavy atom.